The summed E-state index contributed by atoms with van der Waals surface area (Å²) in [5.41, 5.74) is 1.06. The predicted molar refractivity (Wildman–Crippen MR) is 71.1 cm³/mol. The van der Waals surface area contributed by atoms with Crippen LogP contribution in [-0.2, 0) is 6.54 Å². The van der Waals surface area contributed by atoms with Crippen LogP contribution in [0.3, 0.4) is 0 Å². The Morgan fingerprint density at radius 1 is 1.50 bits per heavy atom. The number of piperazine rings is 1. The molecule has 2 amide bonds. The zero-order chi connectivity index (χ0) is 12.5. The van der Waals surface area contributed by atoms with Gasteiger partial charge in [0.05, 0.1) is 6.04 Å². The van der Waals surface area contributed by atoms with Crippen molar-refractivity contribution >= 4 is 22.0 Å². The summed E-state index contributed by atoms with van der Waals surface area (Å²) in [6.07, 6.45) is 3.57. The van der Waals surface area contributed by atoms with Gasteiger partial charge in [-0.15, -0.1) is 0 Å². The van der Waals surface area contributed by atoms with Crippen LogP contribution in [0.25, 0.3) is 0 Å². The van der Waals surface area contributed by atoms with Gasteiger partial charge in [-0.3, -0.25) is 4.98 Å². The molecule has 6 heteroatoms. The molecule has 2 saturated heterocycles. The fourth-order valence-electron chi connectivity index (χ4n) is 2.58. The van der Waals surface area contributed by atoms with Crippen LogP contribution >= 0.6 is 15.9 Å². The second-order valence-corrected chi connectivity index (χ2v) is 5.64. The molecule has 2 aliphatic heterocycles. The smallest absolute Gasteiger partial charge is 0.318 e. The zero-order valence-corrected chi connectivity index (χ0v) is 11.6. The van der Waals surface area contributed by atoms with E-state index in [-0.39, 0.29) is 6.03 Å². The van der Waals surface area contributed by atoms with Gasteiger partial charge < -0.3 is 15.1 Å². The first-order valence-corrected chi connectivity index (χ1v) is 6.89. The van der Waals surface area contributed by atoms with Crippen LogP contribution in [0.4, 0.5) is 4.79 Å². The summed E-state index contributed by atoms with van der Waals surface area (Å²) in [7, 11) is 0. The van der Waals surface area contributed by atoms with Crippen LogP contribution < -0.4 is 5.32 Å². The Labute approximate surface area is 114 Å². The number of pyridine rings is 1. The minimum absolute atomic E-state index is 0.154. The summed E-state index contributed by atoms with van der Waals surface area (Å²) in [4.78, 5) is 20.2. The molecule has 0 spiro atoms. The summed E-state index contributed by atoms with van der Waals surface area (Å²) in [6.45, 7) is 4.06. The molecule has 96 valence electrons. The van der Waals surface area contributed by atoms with Crippen LogP contribution in [0, 0.1) is 0 Å². The van der Waals surface area contributed by atoms with Crippen LogP contribution in [0.2, 0.25) is 0 Å². The second-order valence-electron chi connectivity index (χ2n) is 4.73. The lowest BCUT2D eigenvalue weighted by Gasteiger charge is -2.28. The van der Waals surface area contributed by atoms with Crippen molar-refractivity contribution in [3.63, 3.8) is 0 Å². The van der Waals surface area contributed by atoms with E-state index in [9.17, 15) is 4.79 Å². The third-order valence-corrected chi connectivity index (χ3v) is 3.87. The summed E-state index contributed by atoms with van der Waals surface area (Å²) in [6, 6.07) is 2.49. The Balaban J connectivity index is 1.72. The van der Waals surface area contributed by atoms with Gasteiger partial charge in [-0.05, 0) is 27.6 Å². The summed E-state index contributed by atoms with van der Waals surface area (Å²) in [5.74, 6) is 0. The van der Waals surface area contributed by atoms with E-state index >= 15 is 0 Å². The molecule has 2 fully saturated rings. The molecular formula is C12H15BrN4O. The number of halogens is 1. The summed E-state index contributed by atoms with van der Waals surface area (Å²) < 4.78 is 0.950. The SMILES string of the molecule is O=C1N(Cc2cncc(Br)c2)CC2CNCCN12. The molecule has 1 aromatic heterocycles. The monoisotopic (exact) mass is 310 g/mol. The number of nitrogens with one attached hydrogen (secondary N) is 1. The van der Waals surface area contributed by atoms with Gasteiger partial charge in [-0.1, -0.05) is 0 Å². The maximum atomic E-state index is 12.2. The number of urea groups is 1. The van der Waals surface area contributed by atoms with Gasteiger partial charge in [0, 0.05) is 49.6 Å². The highest BCUT2D eigenvalue weighted by Crippen LogP contribution is 2.20. The first-order chi connectivity index (χ1) is 8.74. The normalized spacial score (nSPS) is 23.4. The number of aromatic nitrogens is 1. The van der Waals surface area contributed by atoms with Crippen LogP contribution in [0.15, 0.2) is 22.9 Å². The van der Waals surface area contributed by atoms with Crippen molar-refractivity contribution in [2.75, 3.05) is 26.2 Å². The highest BCUT2D eigenvalue weighted by molar-refractivity contribution is 9.10. The molecule has 1 unspecified atom stereocenters. The quantitative estimate of drug-likeness (QED) is 0.888. The summed E-state index contributed by atoms with van der Waals surface area (Å²) in [5, 5.41) is 3.33. The standard InChI is InChI=1S/C12H15BrN4O/c13-10-3-9(4-15-5-10)7-16-8-11-6-14-1-2-17(11)12(16)18/h3-5,11,14H,1-2,6-8H2. The van der Waals surface area contributed by atoms with Crippen LogP contribution in [0.1, 0.15) is 5.56 Å². The van der Waals surface area contributed by atoms with E-state index in [1.807, 2.05) is 22.1 Å². The van der Waals surface area contributed by atoms with Crippen LogP contribution in [-0.4, -0.2) is 53.0 Å². The number of carbonyl (C=O) groups excluding carboxylic acids is 1. The Hall–Kier alpha value is -1.14. The highest BCUT2D eigenvalue weighted by Gasteiger charge is 2.38. The van der Waals surface area contributed by atoms with Gasteiger partial charge in [0.1, 0.15) is 0 Å². The minimum Gasteiger partial charge on any atom is -0.318 e. The predicted octanol–water partition coefficient (Wildman–Crippen LogP) is 1.05. The van der Waals surface area contributed by atoms with Crippen molar-refractivity contribution in [1.29, 1.82) is 0 Å². The molecule has 0 aliphatic carbocycles. The Kier molecular flexibility index (Phi) is 3.22. The fraction of sp³-hybridized carbons (Fsp3) is 0.500. The van der Waals surface area contributed by atoms with Crippen molar-refractivity contribution in [1.82, 2.24) is 20.1 Å². The number of hydrogen-bond acceptors (Lipinski definition) is 3. The molecule has 5 nitrogen and oxygen atoms in total. The number of hydrogen-bond donors (Lipinski definition) is 1. The number of carbonyl (C=O) groups is 1. The average molecular weight is 311 g/mol. The van der Waals surface area contributed by atoms with Crippen molar-refractivity contribution in [2.24, 2.45) is 0 Å². The second kappa shape index (κ2) is 4.85. The maximum Gasteiger partial charge on any atom is 0.320 e. The largest absolute Gasteiger partial charge is 0.320 e. The third-order valence-electron chi connectivity index (χ3n) is 3.43. The Bertz CT molecular complexity index is 467. The van der Waals surface area contributed by atoms with Gasteiger partial charge >= 0.3 is 6.03 Å². The fourth-order valence-corrected chi connectivity index (χ4v) is 3.00. The molecule has 0 bridgehead atoms. The highest BCUT2D eigenvalue weighted by atomic mass is 79.9. The van der Waals surface area contributed by atoms with E-state index in [4.69, 9.17) is 0 Å². The molecule has 1 atom stereocenters. The van der Waals surface area contributed by atoms with E-state index in [2.05, 4.69) is 26.2 Å². The first-order valence-electron chi connectivity index (χ1n) is 6.10. The lowest BCUT2D eigenvalue weighted by Crippen LogP contribution is -2.49. The first kappa shape index (κ1) is 11.9. The molecule has 18 heavy (non-hydrogen) atoms. The number of amides is 2. The molecule has 1 N–H and O–H groups in total. The van der Waals surface area contributed by atoms with Crippen molar-refractivity contribution < 1.29 is 4.79 Å². The van der Waals surface area contributed by atoms with Crippen molar-refractivity contribution in [3.8, 4) is 0 Å². The molecule has 3 heterocycles. The Morgan fingerprint density at radius 2 is 2.39 bits per heavy atom. The maximum absolute atomic E-state index is 12.2. The van der Waals surface area contributed by atoms with Crippen molar-refractivity contribution in [2.45, 2.75) is 12.6 Å². The zero-order valence-electron chi connectivity index (χ0n) is 9.97. The van der Waals surface area contributed by atoms with E-state index in [0.29, 0.717) is 12.6 Å². The van der Waals surface area contributed by atoms with Crippen molar-refractivity contribution in [3.05, 3.63) is 28.5 Å². The molecule has 2 aliphatic rings. The van der Waals surface area contributed by atoms with E-state index in [1.165, 1.54) is 0 Å². The molecule has 1 aromatic rings. The van der Waals surface area contributed by atoms with Gasteiger partial charge in [0.15, 0.2) is 0 Å². The van der Waals surface area contributed by atoms with Crippen LogP contribution in [0.5, 0.6) is 0 Å². The third kappa shape index (κ3) is 2.22. The van der Waals surface area contributed by atoms with E-state index < -0.39 is 0 Å². The average Bonchev–Trinajstić information content (AvgIpc) is 2.67. The topological polar surface area (TPSA) is 48.5 Å². The molecule has 0 radical (unpaired) electrons. The lowest BCUT2D eigenvalue weighted by molar-refractivity contribution is 0.178. The van der Waals surface area contributed by atoms with E-state index in [1.54, 1.807) is 6.20 Å². The lowest BCUT2D eigenvalue weighted by atomic mass is 10.2. The van der Waals surface area contributed by atoms with Gasteiger partial charge in [-0.2, -0.15) is 0 Å². The Morgan fingerprint density at radius 3 is 3.17 bits per heavy atom. The van der Waals surface area contributed by atoms with Gasteiger partial charge in [0.25, 0.3) is 0 Å². The molecule has 0 saturated carbocycles. The number of nitrogens with zero attached hydrogens (tertiary/aromatic N) is 3. The molecule has 0 aromatic carbocycles. The summed E-state index contributed by atoms with van der Waals surface area (Å²) >= 11 is 3.40. The number of rotatable bonds is 2. The number of fused-ring (bicyclic) bond motifs is 1. The molecule has 3 rings (SSSR count). The minimum atomic E-state index is 0.154. The van der Waals surface area contributed by atoms with Gasteiger partial charge in [0.2, 0.25) is 0 Å². The molecular weight excluding hydrogens is 296 g/mol. The van der Waals surface area contributed by atoms with E-state index in [0.717, 1.165) is 36.2 Å². The van der Waals surface area contributed by atoms with Gasteiger partial charge in [-0.25, -0.2) is 4.79 Å².